The number of rotatable bonds is 20. The van der Waals surface area contributed by atoms with Crippen molar-refractivity contribution < 1.29 is 61.2 Å². The average Bonchev–Trinajstić information content (AvgIpc) is 4.06. The van der Waals surface area contributed by atoms with Crippen molar-refractivity contribution in [1.29, 1.82) is 0 Å². The van der Waals surface area contributed by atoms with Gasteiger partial charge in [0.2, 0.25) is 0 Å². The second-order valence-electron chi connectivity index (χ2n) is 16.5. The maximum Gasteiger partial charge on any atom is 2.00 e. The van der Waals surface area contributed by atoms with Gasteiger partial charge in [-0.3, -0.25) is 34.3 Å². The van der Waals surface area contributed by atoms with Crippen LogP contribution in [0.1, 0.15) is 96.8 Å². The van der Waals surface area contributed by atoms with Crippen LogP contribution in [-0.2, 0) is 66.1 Å². The minimum absolute atomic E-state index is 0. The van der Waals surface area contributed by atoms with Crippen molar-refractivity contribution in [3.05, 3.63) is 160 Å². The molecule has 72 heavy (non-hydrogen) atoms. The first-order valence-corrected chi connectivity index (χ1v) is 23.1. The van der Waals surface area contributed by atoms with Crippen LogP contribution in [0.25, 0.3) is 75.9 Å². The maximum absolute atomic E-state index is 13.2. The molecule has 13 nitrogen and oxygen atoms in total. The predicted octanol–water partition coefficient (Wildman–Crippen LogP) is 12.3. The first-order valence-electron chi connectivity index (χ1n) is 22.2. The maximum atomic E-state index is 13.2. The number of benzene rings is 1. The number of aromatic nitrogens is 7. The summed E-state index contributed by atoms with van der Waals surface area (Å²) in [6.45, 7) is 9.51. The van der Waals surface area contributed by atoms with E-state index in [9.17, 15) is 27.6 Å². The summed E-state index contributed by atoms with van der Waals surface area (Å²) in [5, 5.41) is 7.05. The number of alkyl halides is 3. The molecule has 1 aromatic carbocycles. The summed E-state index contributed by atoms with van der Waals surface area (Å²) in [7, 11) is 0. The van der Waals surface area contributed by atoms with Crippen molar-refractivity contribution >= 4 is 61.1 Å². The summed E-state index contributed by atoms with van der Waals surface area (Å²) in [5.41, 5.74) is 5.94. The Labute approximate surface area is 431 Å². The van der Waals surface area contributed by atoms with Crippen LogP contribution in [0, 0.1) is 6.07 Å². The van der Waals surface area contributed by atoms with Gasteiger partial charge in [0.1, 0.15) is 5.69 Å². The summed E-state index contributed by atoms with van der Waals surface area (Å²) in [4.78, 5) is 56.2. The Morgan fingerprint density at radius 3 is 1.81 bits per heavy atom. The zero-order valence-corrected chi connectivity index (χ0v) is 42.1. The zero-order valence-electron chi connectivity index (χ0n) is 39.5. The molecule has 0 radical (unpaired) electrons. The molecule has 7 aromatic rings. The van der Waals surface area contributed by atoms with Crippen LogP contribution in [0.15, 0.2) is 110 Å². The molecule has 0 aliphatic carbocycles. The Morgan fingerprint density at radius 1 is 0.653 bits per heavy atom. The summed E-state index contributed by atoms with van der Waals surface area (Å²) < 4.78 is 53.3. The Morgan fingerprint density at radius 2 is 1.26 bits per heavy atom. The summed E-state index contributed by atoms with van der Waals surface area (Å²) >= 11 is 1.74. The molecule has 0 unspecified atom stereocenters. The number of thiophene rings is 1. The third kappa shape index (κ3) is 16.8. The van der Waals surface area contributed by atoms with Gasteiger partial charge in [0.05, 0.1) is 53.1 Å². The van der Waals surface area contributed by atoms with Gasteiger partial charge in [0.25, 0.3) is 19.4 Å². The van der Waals surface area contributed by atoms with Crippen molar-refractivity contribution in [2.75, 3.05) is 0 Å². The normalized spacial score (nSPS) is 11.7. The molecule has 7 rings (SSSR count). The van der Waals surface area contributed by atoms with Crippen LogP contribution in [0.2, 0.25) is 0 Å². The van der Waals surface area contributed by atoms with Gasteiger partial charge in [-0.05, 0) is 126 Å². The number of hydrogen-bond acceptors (Lipinski definition) is 13. The SMILES string of the molecule is CCCCCCc1ccc(/C=C/c2cc(-c3cc(C(F)(F)F)n[n-]3)nc(-c3[c-]cc(C(C)(C)C)cc3)n2)s1.O=CO/C=C/c1ccnc(-c2cc(/C=C/OC=O)cc(-c3cc(/C=C/OC=O)ccn3)n2)c1.[Ru+2]. The first-order chi connectivity index (χ1) is 34.3. The second-order valence-corrected chi connectivity index (χ2v) is 17.7. The standard InChI is InChI=1S/C30H31F3N4S.C24H17N3O6.Ru/c1-5-6-7-8-9-23-16-17-24(38-23)15-14-22-18-25(26-19-27(37-36-26)30(31,32)33)35-28(34-22)20-10-12-21(13-11-20)29(2,3)4;28-15-31-8-3-18-1-6-25-21(11-18)23-13-20(5-10-33-17-30)14-24(27-23)22-12-19(2-7-26-22)4-9-32-16-29;/h10,12-19H,5-9H2,1-4H3;1-17H;/q-2;;+2/b15-14+;8-3+,9-4+,10-5+;. The fourth-order valence-corrected chi connectivity index (χ4v) is 7.60. The zero-order chi connectivity index (χ0) is 50.6. The van der Waals surface area contributed by atoms with Crippen LogP contribution < -0.4 is 5.10 Å². The van der Waals surface area contributed by atoms with E-state index in [0.29, 0.717) is 64.8 Å². The Bertz CT molecular complexity index is 2940. The minimum Gasteiger partial charge on any atom is -0.573 e. The van der Waals surface area contributed by atoms with E-state index in [2.05, 4.69) is 95.2 Å². The molecular weight excluding hydrogens is 1030 g/mol. The molecule has 0 fully saturated rings. The number of carbonyl (C=O) groups is 3. The van der Waals surface area contributed by atoms with Crippen LogP contribution in [-0.4, -0.2) is 49.4 Å². The van der Waals surface area contributed by atoms with Gasteiger partial charge in [-0.25, -0.2) is 4.98 Å². The Balaban J connectivity index is 0.000000266. The Kier molecular flexibility index (Phi) is 20.9. The molecule has 0 aliphatic rings. The van der Waals surface area contributed by atoms with Gasteiger partial charge in [0, 0.05) is 27.8 Å². The van der Waals surface area contributed by atoms with Crippen molar-refractivity contribution in [3.8, 4) is 45.6 Å². The number of carbonyl (C=O) groups excluding carboxylic acids is 3. The third-order valence-corrected chi connectivity index (χ3v) is 11.4. The molecule has 6 heterocycles. The molecule has 0 bridgehead atoms. The summed E-state index contributed by atoms with van der Waals surface area (Å²) in [6.07, 6.45) is 17.0. The van der Waals surface area contributed by atoms with E-state index in [1.54, 1.807) is 84.4 Å². The van der Waals surface area contributed by atoms with E-state index in [1.165, 1.54) is 49.3 Å². The van der Waals surface area contributed by atoms with Crippen molar-refractivity contribution in [2.24, 2.45) is 0 Å². The number of aryl methyl sites for hydroxylation is 1. The number of hydrogen-bond donors (Lipinski definition) is 0. The molecule has 0 atom stereocenters. The van der Waals surface area contributed by atoms with E-state index < -0.39 is 11.9 Å². The van der Waals surface area contributed by atoms with Gasteiger partial charge in [-0.15, -0.1) is 46.7 Å². The molecule has 0 spiro atoms. The molecule has 6 aromatic heterocycles. The topological polar surface area (TPSA) is 170 Å². The van der Waals surface area contributed by atoms with E-state index in [1.807, 2.05) is 30.4 Å². The van der Waals surface area contributed by atoms with E-state index in [4.69, 9.17) is 0 Å². The van der Waals surface area contributed by atoms with Crippen molar-refractivity contribution in [1.82, 2.24) is 35.1 Å². The largest absolute Gasteiger partial charge is 2.00 e. The quantitative estimate of drug-likeness (QED) is 0.0177. The third-order valence-electron chi connectivity index (χ3n) is 10.3. The van der Waals surface area contributed by atoms with E-state index in [0.717, 1.165) is 34.1 Å². The molecule has 0 saturated carbocycles. The van der Waals surface area contributed by atoms with E-state index in [-0.39, 0.29) is 36.3 Å². The molecule has 0 aliphatic heterocycles. The van der Waals surface area contributed by atoms with Crippen LogP contribution in [0.5, 0.6) is 0 Å². The number of halogens is 3. The number of ether oxygens (including phenoxy) is 3. The molecule has 18 heteroatoms. The fourth-order valence-electron chi connectivity index (χ4n) is 6.65. The minimum atomic E-state index is -4.58. The first kappa shape index (κ1) is 55.4. The van der Waals surface area contributed by atoms with Gasteiger partial charge < -0.3 is 24.4 Å². The molecule has 370 valence electrons. The van der Waals surface area contributed by atoms with Gasteiger partial charge in [0.15, 0.2) is 0 Å². The van der Waals surface area contributed by atoms with Gasteiger partial charge in [-0.1, -0.05) is 52.7 Å². The molecular formula is C54H48F3N7O6RuS. The molecule has 0 amide bonds. The monoisotopic (exact) mass is 1080 g/mol. The molecule has 0 saturated heterocycles. The van der Waals surface area contributed by atoms with Gasteiger partial charge >= 0.3 is 25.7 Å². The van der Waals surface area contributed by atoms with Crippen molar-refractivity contribution in [3.63, 3.8) is 0 Å². The predicted molar refractivity (Wildman–Crippen MR) is 267 cm³/mol. The number of nitrogens with zero attached hydrogens (tertiary/aromatic N) is 7. The summed E-state index contributed by atoms with van der Waals surface area (Å²) in [5.74, 6) is 0.363. The Hall–Kier alpha value is -7.56. The van der Waals surface area contributed by atoms with E-state index >= 15 is 0 Å². The molecule has 0 N–H and O–H groups in total. The fraction of sp³-hybridized carbons (Fsp3) is 0.204. The number of pyridine rings is 3. The number of unbranched alkanes of at least 4 members (excludes halogenated alkanes) is 3. The van der Waals surface area contributed by atoms with Gasteiger partial charge in [-0.2, -0.15) is 13.2 Å². The van der Waals surface area contributed by atoms with Crippen molar-refractivity contribution in [2.45, 2.75) is 71.4 Å². The smallest absolute Gasteiger partial charge is 0.573 e. The summed E-state index contributed by atoms with van der Waals surface area (Å²) in [6, 6.07) is 26.4. The van der Waals surface area contributed by atoms with Crippen LogP contribution in [0.3, 0.4) is 0 Å². The van der Waals surface area contributed by atoms with Crippen LogP contribution in [0.4, 0.5) is 13.2 Å². The van der Waals surface area contributed by atoms with Crippen LogP contribution >= 0.6 is 11.3 Å². The average molecular weight is 1080 g/mol. The second kappa shape index (κ2) is 27.2.